The molecular weight excluding hydrogens is 901 g/mol. The fraction of sp³-hybridized carbons (Fsp3) is 0.797. The zero-order valence-corrected chi connectivity index (χ0v) is 45.0. The molecule has 1 aliphatic rings. The zero-order valence-electron chi connectivity index (χ0n) is 45.0. The molecule has 6 unspecified atom stereocenters. The first-order valence-electron chi connectivity index (χ1n) is 28.6. The first-order valence-corrected chi connectivity index (χ1v) is 28.6. The second-order valence-electron chi connectivity index (χ2n) is 19.6. The van der Waals surface area contributed by atoms with Crippen molar-refractivity contribution in [2.24, 2.45) is 0 Å². The van der Waals surface area contributed by atoms with E-state index in [1.807, 2.05) is 12.2 Å². The van der Waals surface area contributed by atoms with Crippen LogP contribution >= 0.6 is 0 Å². The molecule has 12 heteroatoms. The predicted molar refractivity (Wildman–Crippen MR) is 285 cm³/mol. The minimum atomic E-state index is -1.91. The predicted octanol–water partition coefficient (Wildman–Crippen LogP) is 14.2. The lowest BCUT2D eigenvalue weighted by Crippen LogP contribution is -2.61. The van der Waals surface area contributed by atoms with Crippen molar-refractivity contribution < 1.29 is 58.2 Å². The molecule has 12 nitrogen and oxygen atoms in total. The molecule has 0 aliphatic carbocycles. The van der Waals surface area contributed by atoms with Crippen LogP contribution in [0.15, 0.2) is 48.6 Å². The molecule has 0 bridgehead atoms. The third-order valence-electron chi connectivity index (χ3n) is 12.9. The van der Waals surface area contributed by atoms with Gasteiger partial charge in [0.2, 0.25) is 0 Å². The van der Waals surface area contributed by atoms with Crippen LogP contribution in [0.2, 0.25) is 0 Å². The van der Waals surface area contributed by atoms with E-state index in [0.717, 1.165) is 70.6 Å². The smallest absolute Gasteiger partial charge is 0.335 e. The van der Waals surface area contributed by atoms with Gasteiger partial charge in [-0.1, -0.05) is 236 Å². The summed E-state index contributed by atoms with van der Waals surface area (Å²) in [6.45, 7) is 5.81. The molecule has 0 aromatic heterocycles. The minimum absolute atomic E-state index is 0.0448. The molecule has 0 aromatic rings. The Hall–Kier alpha value is -3.32. The number of unbranched alkanes of at least 4 members (excludes halogenated alkanes) is 26. The highest BCUT2D eigenvalue weighted by atomic mass is 16.7. The summed E-state index contributed by atoms with van der Waals surface area (Å²) in [5, 5.41) is 31.4. The molecule has 0 saturated carbocycles. The summed E-state index contributed by atoms with van der Waals surface area (Å²) < 4.78 is 28.3. The molecule has 3 N–H and O–H groups in total. The van der Waals surface area contributed by atoms with Gasteiger partial charge in [-0.3, -0.25) is 14.4 Å². The van der Waals surface area contributed by atoms with E-state index < -0.39 is 67.3 Å². The number of hydrogen-bond acceptors (Lipinski definition) is 11. The van der Waals surface area contributed by atoms with Crippen LogP contribution in [0.1, 0.15) is 252 Å². The molecule has 0 radical (unpaired) electrons. The van der Waals surface area contributed by atoms with E-state index in [1.54, 1.807) is 0 Å². The summed E-state index contributed by atoms with van der Waals surface area (Å²) in [4.78, 5) is 50.9. The summed E-state index contributed by atoms with van der Waals surface area (Å²) >= 11 is 0. The van der Waals surface area contributed by atoms with Crippen molar-refractivity contribution in [3.63, 3.8) is 0 Å². The van der Waals surface area contributed by atoms with E-state index >= 15 is 0 Å². The number of aliphatic hydroxyl groups excluding tert-OH is 2. The third kappa shape index (κ3) is 38.0. The molecular formula is C59H102O12. The number of carboxylic acids is 1. The molecule has 71 heavy (non-hydrogen) atoms. The van der Waals surface area contributed by atoms with Crippen molar-refractivity contribution in [1.29, 1.82) is 0 Å². The molecule has 0 aromatic carbocycles. The number of carbonyl (C=O) groups is 4. The Morgan fingerprint density at radius 2 is 0.887 bits per heavy atom. The van der Waals surface area contributed by atoms with Gasteiger partial charge >= 0.3 is 23.9 Å². The van der Waals surface area contributed by atoms with Crippen LogP contribution in [-0.4, -0.2) is 89.2 Å². The average molecular weight is 1000 g/mol. The number of hydrogen-bond donors (Lipinski definition) is 3. The number of esters is 3. The van der Waals surface area contributed by atoms with Gasteiger partial charge in [-0.15, -0.1) is 0 Å². The summed E-state index contributed by atoms with van der Waals surface area (Å²) in [5.41, 5.74) is 0. The number of ether oxygens (including phenoxy) is 5. The van der Waals surface area contributed by atoms with Crippen LogP contribution in [0.5, 0.6) is 0 Å². The zero-order chi connectivity index (χ0) is 51.8. The number of carboxylic acid groups (broad SMARTS) is 1. The molecule has 1 heterocycles. The SMILES string of the molecule is CC/C=C\C/C=C\C/C=C\C/C=C\CCC(=O)OC(COC(=O)CCCCCCCCCCCCCCCCCCC)COC1OC(C(=O)O)C(O)C(O)C1OC(=O)CCCCCCCCCCCCC. The standard InChI is InChI=1S/C59H102O12/c1-4-7-10-13-16-19-22-24-25-26-27-29-31-33-36-39-42-45-51(60)67-48-50(69-52(61)46-43-40-37-35-32-28-23-20-17-14-11-8-5-2)49-68-59-57(55(64)54(63)56(71-59)58(65)66)70-53(62)47-44-41-38-34-30-21-18-15-12-9-6-3/h8,11,17,20,28,32,37,40,50,54-57,59,63-64H,4-7,9-10,12-16,18-19,21-27,29-31,33-36,38-39,41-49H2,1-3H3,(H,65,66)/b11-8-,20-17-,32-28-,40-37-. The lowest BCUT2D eigenvalue weighted by molar-refractivity contribution is -0.301. The maximum Gasteiger partial charge on any atom is 0.335 e. The number of aliphatic carboxylic acids is 1. The summed E-state index contributed by atoms with van der Waals surface area (Å²) in [6.07, 6.45) is 44.0. The quantitative estimate of drug-likeness (QED) is 0.0228. The Labute approximate surface area is 431 Å². The number of aliphatic hydroxyl groups is 2. The second kappa shape index (κ2) is 47.7. The van der Waals surface area contributed by atoms with Gasteiger partial charge < -0.3 is 39.0 Å². The topological polar surface area (TPSA) is 175 Å². The molecule has 410 valence electrons. The van der Waals surface area contributed by atoms with E-state index in [0.29, 0.717) is 19.3 Å². The second-order valence-corrected chi connectivity index (χ2v) is 19.6. The van der Waals surface area contributed by atoms with Crippen molar-refractivity contribution in [3.8, 4) is 0 Å². The summed E-state index contributed by atoms with van der Waals surface area (Å²) in [7, 11) is 0. The van der Waals surface area contributed by atoms with Gasteiger partial charge in [0.05, 0.1) is 6.61 Å². The van der Waals surface area contributed by atoms with Crippen LogP contribution in [0.3, 0.4) is 0 Å². The third-order valence-corrected chi connectivity index (χ3v) is 12.9. The van der Waals surface area contributed by atoms with E-state index in [4.69, 9.17) is 23.7 Å². The Kier molecular flexibility index (Phi) is 44.1. The lowest BCUT2D eigenvalue weighted by atomic mass is 9.98. The monoisotopic (exact) mass is 1000 g/mol. The Morgan fingerprint density at radius 3 is 1.32 bits per heavy atom. The van der Waals surface area contributed by atoms with Gasteiger partial charge in [0, 0.05) is 19.3 Å². The van der Waals surface area contributed by atoms with Crippen LogP contribution in [0.4, 0.5) is 0 Å². The Balaban J connectivity index is 2.71. The van der Waals surface area contributed by atoms with Gasteiger partial charge in [0.25, 0.3) is 0 Å². The van der Waals surface area contributed by atoms with Crippen molar-refractivity contribution in [2.45, 2.75) is 289 Å². The van der Waals surface area contributed by atoms with Crippen molar-refractivity contribution in [1.82, 2.24) is 0 Å². The van der Waals surface area contributed by atoms with Gasteiger partial charge in [0.1, 0.15) is 18.8 Å². The number of carbonyl (C=O) groups excluding carboxylic acids is 3. The molecule has 0 spiro atoms. The van der Waals surface area contributed by atoms with E-state index in [-0.39, 0.29) is 25.9 Å². The molecule has 0 amide bonds. The van der Waals surface area contributed by atoms with E-state index in [1.165, 1.54) is 122 Å². The summed E-state index contributed by atoms with van der Waals surface area (Å²) in [5.74, 6) is -3.21. The van der Waals surface area contributed by atoms with Gasteiger partial charge in [-0.05, 0) is 44.9 Å². The van der Waals surface area contributed by atoms with Crippen LogP contribution in [0.25, 0.3) is 0 Å². The Morgan fingerprint density at radius 1 is 0.479 bits per heavy atom. The molecule has 1 fully saturated rings. The molecule has 1 rings (SSSR count). The molecule has 6 atom stereocenters. The number of rotatable bonds is 48. The highest BCUT2D eigenvalue weighted by Crippen LogP contribution is 2.26. The van der Waals surface area contributed by atoms with E-state index in [2.05, 4.69) is 57.2 Å². The number of allylic oxidation sites excluding steroid dienone is 8. The first kappa shape index (κ1) is 65.7. The largest absolute Gasteiger partial charge is 0.479 e. The fourth-order valence-electron chi connectivity index (χ4n) is 8.56. The maximum absolute atomic E-state index is 13.1. The lowest BCUT2D eigenvalue weighted by Gasteiger charge is -2.40. The fourth-order valence-corrected chi connectivity index (χ4v) is 8.56. The normalized spacial score (nSPS) is 18.8. The maximum atomic E-state index is 13.1. The minimum Gasteiger partial charge on any atom is -0.479 e. The van der Waals surface area contributed by atoms with Crippen molar-refractivity contribution in [2.75, 3.05) is 13.2 Å². The van der Waals surface area contributed by atoms with Crippen LogP contribution in [-0.2, 0) is 42.9 Å². The van der Waals surface area contributed by atoms with Crippen LogP contribution in [0, 0.1) is 0 Å². The summed E-state index contributed by atoms with van der Waals surface area (Å²) in [6, 6.07) is 0. The highest BCUT2D eigenvalue weighted by Gasteiger charge is 2.50. The van der Waals surface area contributed by atoms with Gasteiger partial charge in [-0.25, -0.2) is 4.79 Å². The Bertz CT molecular complexity index is 1420. The van der Waals surface area contributed by atoms with Gasteiger partial charge in [0.15, 0.2) is 24.6 Å². The molecule has 1 aliphatic heterocycles. The average Bonchev–Trinajstić information content (AvgIpc) is 3.35. The first-order chi connectivity index (χ1) is 34.6. The van der Waals surface area contributed by atoms with Crippen molar-refractivity contribution in [3.05, 3.63) is 48.6 Å². The van der Waals surface area contributed by atoms with Gasteiger partial charge in [-0.2, -0.15) is 0 Å². The highest BCUT2D eigenvalue weighted by molar-refractivity contribution is 5.74. The van der Waals surface area contributed by atoms with Crippen LogP contribution < -0.4 is 0 Å². The van der Waals surface area contributed by atoms with Crippen molar-refractivity contribution >= 4 is 23.9 Å². The van der Waals surface area contributed by atoms with E-state index in [9.17, 15) is 34.5 Å². The molecule has 1 saturated heterocycles.